The van der Waals surface area contributed by atoms with Crippen LogP contribution in [-0.2, 0) is 27.2 Å². The molecule has 1 heterocycles. The number of hydrogen-bond donors (Lipinski definition) is 0. The molecule has 0 atom stereocenters. The molecule has 0 aliphatic carbocycles. The number of nitrogens with zero attached hydrogens (tertiary/aromatic N) is 2. The van der Waals surface area contributed by atoms with Gasteiger partial charge < -0.3 is 38.0 Å². The second-order valence-electron chi connectivity index (χ2n) is 9.93. The van der Waals surface area contributed by atoms with Crippen molar-refractivity contribution in [1.29, 1.82) is 0 Å². The van der Waals surface area contributed by atoms with Crippen LogP contribution in [0.3, 0.4) is 0 Å². The van der Waals surface area contributed by atoms with E-state index in [-0.39, 0.29) is 35.9 Å². The number of carbonyl (C=O) groups is 2. The number of para-hydroxylation sites is 1. The van der Waals surface area contributed by atoms with E-state index in [1.165, 1.54) is 12.8 Å². The number of methoxy groups -OCH3 is 1. The molecule has 3 rings (SSSR count). The zero-order chi connectivity index (χ0) is 25.3. The molecular weight excluding hydrogens is 567 g/mol. The maximum atomic E-state index is 12.2. The molecule has 0 saturated carbocycles. The third-order valence-corrected chi connectivity index (χ3v) is 6.30. The van der Waals surface area contributed by atoms with Gasteiger partial charge in [-0.05, 0) is 42.7 Å². The Labute approximate surface area is 232 Å². The van der Waals surface area contributed by atoms with Gasteiger partial charge in [0.05, 0.1) is 41.3 Å². The molecule has 0 spiro atoms. The number of fused-ring (bicyclic) bond motifs is 1. The number of unbranched alkanes of at least 4 members (excludes halogenated alkanes) is 5. The number of aryl methyl sites for hydroxylation is 1. The smallest absolute Gasteiger partial charge is 0.354 e. The summed E-state index contributed by atoms with van der Waals surface area (Å²) in [5, 5.41) is 1.06. The van der Waals surface area contributed by atoms with Crippen LogP contribution in [0.4, 0.5) is 5.69 Å². The van der Waals surface area contributed by atoms with E-state index < -0.39 is 0 Å². The fourth-order valence-electron chi connectivity index (χ4n) is 4.27. The highest BCUT2D eigenvalue weighted by Crippen LogP contribution is 2.22. The number of quaternary nitrogens is 1. The monoisotopic (exact) mass is 606 g/mol. The third-order valence-electron chi connectivity index (χ3n) is 6.30. The van der Waals surface area contributed by atoms with E-state index in [0.717, 1.165) is 66.0 Å². The molecule has 3 aromatic rings. The SMILES string of the molecule is COC(=O)c1cc2ccccc2n1CCCCCCCCOC(=O)Cc1ccc([N+](C)(C)C)cc1.[I-]. The number of carbonyl (C=O) groups excluding carboxylic acids is 2. The number of halogens is 1. The second-order valence-corrected chi connectivity index (χ2v) is 9.93. The number of benzene rings is 2. The van der Waals surface area contributed by atoms with Gasteiger partial charge in [-0.1, -0.05) is 56.0 Å². The summed E-state index contributed by atoms with van der Waals surface area (Å²) >= 11 is 0. The summed E-state index contributed by atoms with van der Waals surface area (Å²) in [6.45, 7) is 1.28. The van der Waals surface area contributed by atoms with Gasteiger partial charge in [-0.2, -0.15) is 0 Å². The molecule has 196 valence electrons. The first-order valence-corrected chi connectivity index (χ1v) is 12.5. The van der Waals surface area contributed by atoms with Crippen LogP contribution in [0, 0.1) is 0 Å². The number of hydrogen-bond acceptors (Lipinski definition) is 4. The third kappa shape index (κ3) is 8.62. The van der Waals surface area contributed by atoms with Crippen molar-refractivity contribution in [2.75, 3.05) is 34.9 Å². The van der Waals surface area contributed by atoms with Crippen molar-refractivity contribution in [2.45, 2.75) is 51.5 Å². The first-order valence-electron chi connectivity index (χ1n) is 12.5. The maximum Gasteiger partial charge on any atom is 0.354 e. The lowest BCUT2D eigenvalue weighted by atomic mass is 10.1. The van der Waals surface area contributed by atoms with Gasteiger partial charge in [0.2, 0.25) is 0 Å². The number of ether oxygens (including phenoxy) is 2. The number of esters is 2. The van der Waals surface area contributed by atoms with Gasteiger partial charge in [-0.25, -0.2) is 4.79 Å². The van der Waals surface area contributed by atoms with Crippen LogP contribution in [0.2, 0.25) is 0 Å². The second kappa shape index (κ2) is 14.4. The summed E-state index contributed by atoms with van der Waals surface area (Å²) in [5.74, 6) is -0.458. The summed E-state index contributed by atoms with van der Waals surface area (Å²) in [6.07, 6.45) is 6.59. The van der Waals surface area contributed by atoms with Crippen LogP contribution in [0.1, 0.15) is 54.6 Å². The van der Waals surface area contributed by atoms with E-state index in [0.29, 0.717) is 18.7 Å². The summed E-state index contributed by atoms with van der Waals surface area (Å²) < 4.78 is 13.2. The van der Waals surface area contributed by atoms with Crippen LogP contribution in [-0.4, -0.2) is 51.4 Å². The molecule has 1 aromatic heterocycles. The van der Waals surface area contributed by atoms with Crippen LogP contribution >= 0.6 is 0 Å². The molecule has 0 radical (unpaired) electrons. The largest absolute Gasteiger partial charge is 1.00 e. The van der Waals surface area contributed by atoms with Gasteiger partial charge in [-0.3, -0.25) is 9.28 Å². The zero-order valence-corrected chi connectivity index (χ0v) is 24.1. The van der Waals surface area contributed by atoms with Crippen molar-refractivity contribution >= 4 is 28.5 Å². The quantitative estimate of drug-likeness (QED) is 0.130. The van der Waals surface area contributed by atoms with Crippen LogP contribution in [0.25, 0.3) is 10.9 Å². The van der Waals surface area contributed by atoms with Crippen molar-refractivity contribution in [2.24, 2.45) is 0 Å². The average molecular weight is 607 g/mol. The Hall–Kier alpha value is -2.39. The molecule has 0 N–H and O–H groups in total. The molecule has 0 aliphatic rings. The fourth-order valence-corrected chi connectivity index (χ4v) is 4.27. The van der Waals surface area contributed by atoms with Gasteiger partial charge in [0.1, 0.15) is 11.4 Å². The summed E-state index contributed by atoms with van der Waals surface area (Å²) in [7, 11) is 7.78. The van der Waals surface area contributed by atoms with Gasteiger partial charge in [0.25, 0.3) is 0 Å². The van der Waals surface area contributed by atoms with Gasteiger partial charge in [0.15, 0.2) is 0 Å². The molecule has 0 amide bonds. The van der Waals surface area contributed by atoms with Crippen molar-refractivity contribution in [1.82, 2.24) is 9.05 Å². The molecule has 0 fully saturated rings. The minimum Gasteiger partial charge on any atom is -1.00 e. The number of aromatic nitrogens is 1. The molecule has 36 heavy (non-hydrogen) atoms. The fraction of sp³-hybridized carbons (Fsp3) is 0.448. The summed E-state index contributed by atoms with van der Waals surface area (Å²) in [6, 6.07) is 18.1. The molecule has 2 aromatic carbocycles. The van der Waals surface area contributed by atoms with Crippen molar-refractivity contribution in [3.63, 3.8) is 0 Å². The highest BCUT2D eigenvalue weighted by molar-refractivity contribution is 5.95. The molecule has 0 saturated heterocycles. The highest BCUT2D eigenvalue weighted by Gasteiger charge is 2.15. The van der Waals surface area contributed by atoms with E-state index in [4.69, 9.17) is 9.47 Å². The Balaban J connectivity index is 0.00000456. The minimum absolute atomic E-state index is 0. The first-order chi connectivity index (χ1) is 16.8. The standard InChI is InChI=1S/C29H39N2O4.HI/c1-31(2,3)25-17-15-23(16-18-25)21-28(32)35-20-12-8-6-5-7-11-19-30-26-14-10-9-13-24(26)22-27(30)29(33)34-4;/h9-10,13-18,22H,5-8,11-12,19-21H2,1-4H3;1H/q+1;/p-1. The molecular formula is C29H39IN2O4. The molecule has 6 nitrogen and oxygen atoms in total. The Morgan fingerprint density at radius 1 is 0.861 bits per heavy atom. The lowest BCUT2D eigenvalue weighted by molar-refractivity contribution is -0.142. The van der Waals surface area contributed by atoms with E-state index in [1.807, 2.05) is 42.5 Å². The normalized spacial score (nSPS) is 11.2. The predicted molar refractivity (Wildman–Crippen MR) is 142 cm³/mol. The number of rotatable bonds is 13. The lowest BCUT2D eigenvalue weighted by Crippen LogP contribution is -3.00. The first kappa shape index (κ1) is 29.8. The Morgan fingerprint density at radius 3 is 2.17 bits per heavy atom. The lowest BCUT2D eigenvalue weighted by Gasteiger charge is -2.23. The van der Waals surface area contributed by atoms with Crippen LogP contribution < -0.4 is 28.5 Å². The van der Waals surface area contributed by atoms with Crippen LogP contribution in [0.15, 0.2) is 54.6 Å². The van der Waals surface area contributed by atoms with Gasteiger partial charge in [0, 0.05) is 17.4 Å². The van der Waals surface area contributed by atoms with E-state index in [9.17, 15) is 9.59 Å². The van der Waals surface area contributed by atoms with Gasteiger partial charge >= 0.3 is 11.9 Å². The van der Waals surface area contributed by atoms with Crippen molar-refractivity contribution in [3.8, 4) is 0 Å². The van der Waals surface area contributed by atoms with E-state index in [1.54, 1.807) is 0 Å². The maximum absolute atomic E-state index is 12.2. The Morgan fingerprint density at radius 2 is 1.50 bits per heavy atom. The summed E-state index contributed by atoms with van der Waals surface area (Å²) in [5.41, 5.74) is 3.87. The molecule has 0 unspecified atom stereocenters. The van der Waals surface area contributed by atoms with Gasteiger partial charge in [-0.15, -0.1) is 0 Å². The highest BCUT2D eigenvalue weighted by atomic mass is 127. The zero-order valence-electron chi connectivity index (χ0n) is 22.0. The predicted octanol–water partition coefficient (Wildman–Crippen LogP) is 2.76. The van der Waals surface area contributed by atoms with E-state index in [2.05, 4.69) is 37.8 Å². The Bertz CT molecular complexity index is 1120. The molecule has 0 aliphatic heterocycles. The van der Waals surface area contributed by atoms with E-state index >= 15 is 0 Å². The molecule has 0 bridgehead atoms. The van der Waals surface area contributed by atoms with Crippen molar-refractivity contribution in [3.05, 3.63) is 65.9 Å². The average Bonchev–Trinajstić information content (AvgIpc) is 3.21. The minimum atomic E-state index is -0.295. The van der Waals surface area contributed by atoms with Crippen LogP contribution in [0.5, 0.6) is 0 Å². The molecule has 7 heteroatoms. The van der Waals surface area contributed by atoms with Crippen molar-refractivity contribution < 1.29 is 43.0 Å². The topological polar surface area (TPSA) is 57.5 Å². The summed E-state index contributed by atoms with van der Waals surface area (Å²) in [4.78, 5) is 24.3. The Kier molecular flexibility index (Phi) is 11.9.